The highest BCUT2D eigenvalue weighted by atomic mass is 19.1. The maximum atomic E-state index is 14.7. The molecule has 0 aromatic heterocycles. The van der Waals surface area contributed by atoms with Crippen LogP contribution in [0.1, 0.15) is 115 Å². The first kappa shape index (κ1) is 40.3. The van der Waals surface area contributed by atoms with Crippen LogP contribution in [0.25, 0.3) is 0 Å². The van der Waals surface area contributed by atoms with Gasteiger partial charge in [-0.3, -0.25) is 4.79 Å². The van der Waals surface area contributed by atoms with Crippen molar-refractivity contribution in [3.8, 4) is 0 Å². The number of carbonyl (C=O) groups is 1. The van der Waals surface area contributed by atoms with Crippen molar-refractivity contribution in [1.29, 1.82) is 0 Å². The van der Waals surface area contributed by atoms with E-state index in [1.165, 1.54) is 46.3 Å². The zero-order chi connectivity index (χ0) is 34.5. The Morgan fingerprint density at radius 1 is 1.04 bits per heavy atom. The Morgan fingerprint density at radius 2 is 1.70 bits per heavy atom. The highest BCUT2D eigenvalue weighted by Gasteiger charge is 2.25. The number of halogens is 2. The van der Waals surface area contributed by atoms with Crippen molar-refractivity contribution in [3.05, 3.63) is 124 Å². The summed E-state index contributed by atoms with van der Waals surface area (Å²) in [4.78, 5) is 10.6. The van der Waals surface area contributed by atoms with Crippen molar-refractivity contribution in [2.75, 3.05) is 18.0 Å². The van der Waals surface area contributed by atoms with Crippen LogP contribution in [-0.4, -0.2) is 24.7 Å². The topological polar surface area (TPSA) is 40.5 Å². The first-order valence-electron chi connectivity index (χ1n) is 17.1. The highest BCUT2D eigenvalue weighted by molar-refractivity contribution is 5.61. The Hall–Kier alpha value is -3.73. The SMILES string of the molecule is C=C1C(/C2=C/CCN(c3ccc(C4CC4)cc3F)CCC2)=CC/C1=C/C=C\C.CC.CC.CCC(F)c1ccc(C)cc1.O=CO. The Morgan fingerprint density at radius 3 is 2.26 bits per heavy atom. The number of anilines is 1. The fraction of sp³-hybridized carbons (Fsp3) is 0.439. The molecule has 0 radical (unpaired) electrons. The molecule has 1 N–H and O–H groups in total. The molecule has 1 atom stereocenters. The van der Waals surface area contributed by atoms with E-state index >= 15 is 0 Å². The third kappa shape index (κ3) is 12.9. The number of aryl methyl sites for hydroxylation is 1. The third-order valence-electron chi connectivity index (χ3n) is 7.90. The van der Waals surface area contributed by atoms with Crippen molar-refractivity contribution < 1.29 is 18.7 Å². The molecule has 1 fully saturated rings. The summed E-state index contributed by atoms with van der Waals surface area (Å²) in [5.74, 6) is 0.542. The second-order valence-corrected chi connectivity index (χ2v) is 11.0. The van der Waals surface area contributed by atoms with Crippen molar-refractivity contribution in [2.24, 2.45) is 0 Å². The van der Waals surface area contributed by atoms with E-state index in [1.54, 1.807) is 6.07 Å². The minimum absolute atomic E-state index is 0.0557. The second kappa shape index (κ2) is 22.7. The summed E-state index contributed by atoms with van der Waals surface area (Å²) in [6.07, 6.45) is 17.1. The molecule has 5 heteroatoms. The summed E-state index contributed by atoms with van der Waals surface area (Å²) < 4.78 is 27.7. The third-order valence-corrected chi connectivity index (χ3v) is 7.90. The molecule has 0 amide bonds. The highest BCUT2D eigenvalue weighted by Crippen LogP contribution is 2.41. The summed E-state index contributed by atoms with van der Waals surface area (Å²) in [6, 6.07) is 13.5. The van der Waals surface area contributed by atoms with Gasteiger partial charge in [-0.05, 0) is 110 Å². The van der Waals surface area contributed by atoms with Gasteiger partial charge in [0.1, 0.15) is 12.0 Å². The normalized spacial score (nSPS) is 18.4. The molecule has 1 saturated carbocycles. The molecule has 2 aromatic carbocycles. The number of alkyl halides is 1. The molecule has 0 saturated heterocycles. The van der Waals surface area contributed by atoms with E-state index in [2.05, 4.69) is 47.9 Å². The van der Waals surface area contributed by atoms with E-state index in [0.29, 0.717) is 12.3 Å². The van der Waals surface area contributed by atoms with Crippen molar-refractivity contribution in [3.63, 3.8) is 0 Å². The number of rotatable bonds is 6. The van der Waals surface area contributed by atoms with Crippen molar-refractivity contribution in [1.82, 2.24) is 0 Å². The smallest absolute Gasteiger partial charge is 0.290 e. The summed E-state index contributed by atoms with van der Waals surface area (Å²) in [5, 5.41) is 6.89. The predicted molar refractivity (Wildman–Crippen MR) is 194 cm³/mol. The van der Waals surface area contributed by atoms with Crippen LogP contribution >= 0.6 is 0 Å². The number of hydrogen-bond acceptors (Lipinski definition) is 2. The van der Waals surface area contributed by atoms with Crippen molar-refractivity contribution >= 4 is 12.2 Å². The van der Waals surface area contributed by atoms with E-state index in [0.717, 1.165) is 50.0 Å². The average molecular weight is 634 g/mol. The van der Waals surface area contributed by atoms with Gasteiger partial charge in [-0.1, -0.05) is 107 Å². The Kier molecular flexibility index (Phi) is 19.9. The van der Waals surface area contributed by atoms with Crippen LogP contribution in [0.2, 0.25) is 0 Å². The maximum Gasteiger partial charge on any atom is 0.290 e. The summed E-state index contributed by atoms with van der Waals surface area (Å²) in [5.41, 5.74) is 9.13. The molecule has 46 heavy (non-hydrogen) atoms. The molecule has 1 aliphatic heterocycles. The molecule has 1 heterocycles. The number of allylic oxidation sites excluding steroid dienone is 8. The molecule has 3 aliphatic rings. The van der Waals surface area contributed by atoms with Crippen molar-refractivity contribution in [2.45, 2.75) is 106 Å². The lowest BCUT2D eigenvalue weighted by molar-refractivity contribution is -0.122. The van der Waals surface area contributed by atoms with Gasteiger partial charge in [0.15, 0.2) is 0 Å². The molecule has 3 nitrogen and oxygen atoms in total. The number of carboxylic acid groups (broad SMARTS) is 1. The zero-order valence-corrected chi connectivity index (χ0v) is 29.3. The summed E-state index contributed by atoms with van der Waals surface area (Å²) in [6.45, 7) is 19.7. The average Bonchev–Trinajstić information content (AvgIpc) is 3.86. The van der Waals surface area contributed by atoms with Gasteiger partial charge in [0.25, 0.3) is 6.47 Å². The predicted octanol–water partition coefficient (Wildman–Crippen LogP) is 12.2. The number of benzene rings is 2. The van der Waals surface area contributed by atoms with E-state index in [1.807, 2.05) is 78.8 Å². The summed E-state index contributed by atoms with van der Waals surface area (Å²) >= 11 is 0. The Bertz CT molecular complexity index is 1320. The van der Waals surface area contributed by atoms with Gasteiger partial charge in [0, 0.05) is 13.1 Å². The first-order chi connectivity index (χ1) is 22.3. The molecule has 1 unspecified atom stereocenters. The molecule has 2 aliphatic carbocycles. The fourth-order valence-corrected chi connectivity index (χ4v) is 5.35. The zero-order valence-electron chi connectivity index (χ0n) is 29.3. The molecule has 252 valence electrons. The minimum atomic E-state index is -0.796. The van der Waals surface area contributed by atoms with Crippen LogP contribution in [0.3, 0.4) is 0 Å². The standard InChI is InChI=1S/C26H30FN.C10H13F.2C2H6.CH2O2/c1-3-4-7-20-12-14-24(19(20)2)22-8-5-16-28(17-6-9-22)26-15-13-23(18-25(26)27)21-10-11-21;1-3-10(11)9-6-4-8(2)5-7-9;2*1-2;2-1-3/h3-4,7-8,13-15,18,21H,2,5-6,9-12,16-17H2,1H3;4-7,10H,3H2,1-2H3;2*1-2H3;1H,(H,2,3)/b4-3-,20-7-,22-8+;;;;. The van der Waals surface area contributed by atoms with Gasteiger partial charge in [0.05, 0.1) is 5.69 Å². The largest absolute Gasteiger partial charge is 0.483 e. The van der Waals surface area contributed by atoms with Crippen LogP contribution in [0.15, 0.2) is 102 Å². The molecule has 2 aromatic rings. The molecule has 0 spiro atoms. The van der Waals surface area contributed by atoms with Crippen LogP contribution < -0.4 is 4.90 Å². The fourth-order valence-electron chi connectivity index (χ4n) is 5.35. The molecule has 0 bridgehead atoms. The lowest BCUT2D eigenvalue weighted by atomic mass is 9.94. The quantitative estimate of drug-likeness (QED) is 0.322. The Labute approximate surface area is 278 Å². The molecular formula is C41H57F2NO2. The van der Waals surface area contributed by atoms with E-state index in [4.69, 9.17) is 9.90 Å². The van der Waals surface area contributed by atoms with Gasteiger partial charge in [-0.15, -0.1) is 0 Å². The van der Waals surface area contributed by atoms with E-state index in [9.17, 15) is 8.78 Å². The maximum absolute atomic E-state index is 14.7. The number of nitrogens with zero attached hydrogens (tertiary/aromatic N) is 1. The van der Waals surface area contributed by atoms with Gasteiger partial charge in [-0.2, -0.15) is 0 Å². The summed E-state index contributed by atoms with van der Waals surface area (Å²) in [7, 11) is 0. The van der Waals surface area contributed by atoms with Crippen LogP contribution in [0.4, 0.5) is 14.5 Å². The Balaban J connectivity index is 0.000000490. The van der Waals surface area contributed by atoms with Gasteiger partial charge in [0.2, 0.25) is 0 Å². The molecule has 5 rings (SSSR count). The van der Waals surface area contributed by atoms with Gasteiger partial charge in [-0.25, -0.2) is 8.78 Å². The monoisotopic (exact) mass is 633 g/mol. The van der Waals surface area contributed by atoms with Gasteiger partial charge >= 0.3 is 0 Å². The lowest BCUT2D eigenvalue weighted by Crippen LogP contribution is -2.27. The minimum Gasteiger partial charge on any atom is -0.483 e. The van der Waals surface area contributed by atoms with Gasteiger partial charge < -0.3 is 10.0 Å². The van der Waals surface area contributed by atoms with Crippen LogP contribution in [0, 0.1) is 12.7 Å². The van der Waals surface area contributed by atoms with Crippen LogP contribution in [0.5, 0.6) is 0 Å². The lowest BCUT2D eigenvalue weighted by Gasteiger charge is -2.27. The molecular weight excluding hydrogens is 576 g/mol. The van der Waals surface area contributed by atoms with E-state index < -0.39 is 6.17 Å². The van der Waals surface area contributed by atoms with Crippen LogP contribution in [-0.2, 0) is 4.79 Å². The second-order valence-electron chi connectivity index (χ2n) is 11.0. The first-order valence-corrected chi connectivity index (χ1v) is 17.1. The van der Waals surface area contributed by atoms with E-state index in [-0.39, 0.29) is 12.3 Å². The number of hydrogen-bond donors (Lipinski definition) is 1.